The van der Waals surface area contributed by atoms with E-state index in [1.807, 2.05) is 0 Å². The van der Waals surface area contributed by atoms with Gasteiger partial charge in [0.25, 0.3) is 11.8 Å². The van der Waals surface area contributed by atoms with Crippen LogP contribution >= 0.6 is 11.6 Å². The molecule has 7 heteroatoms. The Hall–Kier alpha value is -2.47. The van der Waals surface area contributed by atoms with Gasteiger partial charge in [-0.25, -0.2) is 0 Å². The summed E-state index contributed by atoms with van der Waals surface area (Å²) in [6, 6.07) is 9.56. The van der Waals surface area contributed by atoms with E-state index < -0.39 is 5.91 Å². The van der Waals surface area contributed by atoms with Gasteiger partial charge in [0.2, 0.25) is 0 Å². The van der Waals surface area contributed by atoms with Gasteiger partial charge >= 0.3 is 0 Å². The minimum atomic E-state index is -0.397. The first-order valence-electron chi connectivity index (χ1n) is 6.09. The zero-order valence-electron chi connectivity index (χ0n) is 11.5. The number of nitrogens with one attached hydrogen (secondary N) is 1. The number of benzene rings is 1. The zero-order valence-corrected chi connectivity index (χ0v) is 12.3. The quantitative estimate of drug-likeness (QED) is 0.942. The van der Waals surface area contributed by atoms with Crippen LogP contribution in [0.15, 0.2) is 36.4 Å². The second-order valence-electron chi connectivity index (χ2n) is 4.47. The predicted molar refractivity (Wildman–Crippen MR) is 79.5 cm³/mol. The molecule has 0 aliphatic heterocycles. The van der Waals surface area contributed by atoms with Crippen LogP contribution in [-0.4, -0.2) is 41.0 Å². The summed E-state index contributed by atoms with van der Waals surface area (Å²) in [5, 5.41) is 10.2. The Morgan fingerprint density at radius 2 is 1.71 bits per heavy atom. The summed E-state index contributed by atoms with van der Waals surface area (Å²) in [4.78, 5) is 25.1. The van der Waals surface area contributed by atoms with Crippen LogP contribution in [0.25, 0.3) is 0 Å². The highest BCUT2D eigenvalue weighted by Gasteiger charge is 2.10. The van der Waals surface area contributed by atoms with Crippen molar-refractivity contribution in [2.75, 3.05) is 19.4 Å². The lowest BCUT2D eigenvalue weighted by atomic mass is 10.2. The normalized spacial score (nSPS) is 10.0. The number of hydrogen-bond acceptors (Lipinski definition) is 4. The largest absolute Gasteiger partial charge is 0.345 e. The molecule has 2 aromatic rings. The summed E-state index contributed by atoms with van der Waals surface area (Å²) in [7, 11) is 3.36. The first-order valence-corrected chi connectivity index (χ1v) is 6.47. The van der Waals surface area contributed by atoms with Crippen LogP contribution in [0.2, 0.25) is 5.15 Å². The van der Waals surface area contributed by atoms with Gasteiger partial charge in [0.1, 0.15) is 0 Å². The highest BCUT2D eigenvalue weighted by Crippen LogP contribution is 2.12. The van der Waals surface area contributed by atoms with E-state index in [-0.39, 0.29) is 16.8 Å². The molecular formula is C14H13ClN4O2. The molecule has 0 radical (unpaired) electrons. The first kappa shape index (κ1) is 14.9. The van der Waals surface area contributed by atoms with Crippen LogP contribution in [0.3, 0.4) is 0 Å². The van der Waals surface area contributed by atoms with Crippen LogP contribution in [-0.2, 0) is 0 Å². The van der Waals surface area contributed by atoms with E-state index in [1.165, 1.54) is 17.0 Å². The van der Waals surface area contributed by atoms with Gasteiger partial charge in [-0.1, -0.05) is 11.6 Å². The maximum absolute atomic E-state index is 11.9. The number of anilines is 1. The van der Waals surface area contributed by atoms with Crippen molar-refractivity contribution in [1.29, 1.82) is 0 Å². The number of amides is 2. The molecule has 108 valence electrons. The van der Waals surface area contributed by atoms with Crippen LogP contribution in [0, 0.1) is 0 Å². The number of carbonyl (C=O) groups is 2. The minimum absolute atomic E-state index is 0.101. The Balaban J connectivity index is 2.08. The summed E-state index contributed by atoms with van der Waals surface area (Å²) in [6.45, 7) is 0. The van der Waals surface area contributed by atoms with E-state index >= 15 is 0 Å². The van der Waals surface area contributed by atoms with Gasteiger partial charge in [0.05, 0.1) is 0 Å². The van der Waals surface area contributed by atoms with Crippen molar-refractivity contribution in [3.8, 4) is 0 Å². The van der Waals surface area contributed by atoms with Crippen molar-refractivity contribution < 1.29 is 9.59 Å². The molecule has 6 nitrogen and oxygen atoms in total. The molecule has 1 aromatic heterocycles. The molecule has 1 aromatic carbocycles. The minimum Gasteiger partial charge on any atom is -0.345 e. The number of halogens is 1. The number of aromatic nitrogens is 2. The highest BCUT2D eigenvalue weighted by molar-refractivity contribution is 6.29. The molecule has 0 bridgehead atoms. The SMILES string of the molecule is CN(C)C(=O)c1ccc(NC(=O)c2ccc(Cl)nn2)cc1. The molecule has 2 rings (SSSR count). The lowest BCUT2D eigenvalue weighted by Gasteiger charge is -2.10. The smallest absolute Gasteiger partial charge is 0.276 e. The van der Waals surface area contributed by atoms with Crippen molar-refractivity contribution in [3.05, 3.63) is 52.8 Å². The van der Waals surface area contributed by atoms with E-state index in [0.717, 1.165) is 0 Å². The van der Waals surface area contributed by atoms with Gasteiger partial charge in [-0.3, -0.25) is 9.59 Å². The Morgan fingerprint density at radius 1 is 1.05 bits per heavy atom. The second kappa shape index (κ2) is 6.32. The molecule has 0 fully saturated rings. The van der Waals surface area contributed by atoms with Crippen molar-refractivity contribution in [3.63, 3.8) is 0 Å². The molecule has 21 heavy (non-hydrogen) atoms. The van der Waals surface area contributed by atoms with Crippen molar-refractivity contribution in [2.24, 2.45) is 0 Å². The Morgan fingerprint density at radius 3 is 2.24 bits per heavy atom. The third-order valence-corrected chi connectivity index (χ3v) is 2.86. The fraction of sp³-hybridized carbons (Fsp3) is 0.143. The standard InChI is InChI=1S/C14H13ClN4O2/c1-19(2)14(21)9-3-5-10(6-4-9)16-13(20)11-7-8-12(15)18-17-11/h3-8H,1-2H3,(H,16,20). The molecule has 0 saturated heterocycles. The summed E-state index contributed by atoms with van der Waals surface area (Å²) in [5.74, 6) is -0.498. The van der Waals surface area contributed by atoms with E-state index in [2.05, 4.69) is 15.5 Å². The third-order valence-electron chi connectivity index (χ3n) is 2.66. The van der Waals surface area contributed by atoms with Crippen LogP contribution in [0.4, 0.5) is 5.69 Å². The number of hydrogen-bond donors (Lipinski definition) is 1. The molecule has 1 N–H and O–H groups in total. The lowest BCUT2D eigenvalue weighted by Crippen LogP contribution is -2.21. The molecular weight excluding hydrogens is 292 g/mol. The van der Waals surface area contributed by atoms with Crippen LogP contribution in [0.1, 0.15) is 20.8 Å². The topological polar surface area (TPSA) is 75.2 Å². The average Bonchev–Trinajstić information content (AvgIpc) is 2.47. The lowest BCUT2D eigenvalue weighted by molar-refractivity contribution is 0.0827. The predicted octanol–water partition coefficient (Wildman–Crippen LogP) is 2.08. The number of rotatable bonds is 3. The van der Waals surface area contributed by atoms with E-state index in [0.29, 0.717) is 11.3 Å². The number of nitrogens with zero attached hydrogens (tertiary/aromatic N) is 3. The van der Waals surface area contributed by atoms with Crippen molar-refractivity contribution in [2.45, 2.75) is 0 Å². The molecule has 0 saturated carbocycles. The van der Waals surface area contributed by atoms with E-state index in [1.54, 1.807) is 38.4 Å². The molecule has 2 amide bonds. The highest BCUT2D eigenvalue weighted by atomic mass is 35.5. The van der Waals surface area contributed by atoms with Gasteiger partial charge in [-0.05, 0) is 36.4 Å². The summed E-state index contributed by atoms with van der Waals surface area (Å²) >= 11 is 5.61. The van der Waals surface area contributed by atoms with Gasteiger partial charge in [0.15, 0.2) is 10.8 Å². The van der Waals surface area contributed by atoms with Gasteiger partial charge in [0, 0.05) is 25.3 Å². The molecule has 0 unspecified atom stereocenters. The maximum atomic E-state index is 11.9. The maximum Gasteiger partial charge on any atom is 0.276 e. The van der Waals surface area contributed by atoms with Crippen molar-refractivity contribution in [1.82, 2.24) is 15.1 Å². The summed E-state index contributed by atoms with van der Waals surface area (Å²) < 4.78 is 0. The zero-order chi connectivity index (χ0) is 15.4. The summed E-state index contributed by atoms with van der Waals surface area (Å²) in [6.07, 6.45) is 0. The number of carbonyl (C=O) groups excluding carboxylic acids is 2. The Labute approximate surface area is 126 Å². The third kappa shape index (κ3) is 3.76. The molecule has 0 atom stereocenters. The Kier molecular flexibility index (Phi) is 4.49. The fourth-order valence-corrected chi connectivity index (χ4v) is 1.69. The van der Waals surface area contributed by atoms with Gasteiger partial charge in [-0.15, -0.1) is 10.2 Å². The molecule has 0 aliphatic rings. The monoisotopic (exact) mass is 304 g/mol. The fourth-order valence-electron chi connectivity index (χ4n) is 1.59. The molecule has 0 spiro atoms. The van der Waals surface area contributed by atoms with Crippen molar-refractivity contribution >= 4 is 29.1 Å². The second-order valence-corrected chi connectivity index (χ2v) is 4.86. The molecule has 1 heterocycles. The van der Waals surface area contributed by atoms with Crippen LogP contribution < -0.4 is 5.32 Å². The van der Waals surface area contributed by atoms with E-state index in [9.17, 15) is 9.59 Å². The van der Waals surface area contributed by atoms with Crippen LogP contribution in [0.5, 0.6) is 0 Å². The summed E-state index contributed by atoms with van der Waals surface area (Å²) in [5.41, 5.74) is 1.27. The average molecular weight is 305 g/mol. The first-order chi connectivity index (χ1) is 9.97. The van der Waals surface area contributed by atoms with Gasteiger partial charge in [-0.2, -0.15) is 0 Å². The molecule has 0 aliphatic carbocycles. The Bertz CT molecular complexity index is 654. The van der Waals surface area contributed by atoms with E-state index in [4.69, 9.17) is 11.6 Å². The van der Waals surface area contributed by atoms with Gasteiger partial charge < -0.3 is 10.2 Å².